The fourth-order valence-corrected chi connectivity index (χ4v) is 3.67. The third-order valence-electron chi connectivity index (χ3n) is 3.93. The number of nitrogens with zero attached hydrogens (tertiary/aromatic N) is 1. The van der Waals surface area contributed by atoms with Gasteiger partial charge in [0, 0.05) is 0 Å². The first kappa shape index (κ1) is 19.1. The number of anilines is 1. The van der Waals surface area contributed by atoms with Gasteiger partial charge in [0.15, 0.2) is 5.75 Å². The predicted octanol–water partition coefficient (Wildman–Crippen LogP) is 4.09. The van der Waals surface area contributed by atoms with Crippen molar-refractivity contribution >= 4 is 57.1 Å². The molecular formula is C19H14BrClN2O4. The molecule has 0 aliphatic carbocycles. The third-order valence-corrected chi connectivity index (χ3v) is 4.80. The topological polar surface area (TPSA) is 75.7 Å². The molecule has 6 nitrogen and oxygen atoms in total. The summed E-state index contributed by atoms with van der Waals surface area (Å²) in [6.07, 6.45) is 1.38. The minimum absolute atomic E-state index is 0.177. The molecule has 8 heteroatoms. The van der Waals surface area contributed by atoms with Crippen LogP contribution in [0.2, 0.25) is 5.02 Å². The van der Waals surface area contributed by atoms with E-state index in [4.69, 9.17) is 16.3 Å². The Kier molecular flexibility index (Phi) is 5.34. The maximum Gasteiger partial charge on any atom is 0.335 e. The van der Waals surface area contributed by atoms with Crippen LogP contribution in [0.4, 0.5) is 10.5 Å². The van der Waals surface area contributed by atoms with Crippen LogP contribution in [0.25, 0.3) is 6.08 Å². The molecule has 0 spiro atoms. The lowest BCUT2D eigenvalue weighted by atomic mass is 10.1. The van der Waals surface area contributed by atoms with E-state index in [1.54, 1.807) is 36.4 Å². The Labute approximate surface area is 168 Å². The second-order valence-corrected chi connectivity index (χ2v) is 7.07. The molecule has 2 aromatic rings. The minimum Gasteiger partial charge on any atom is -0.494 e. The number of methoxy groups -OCH3 is 1. The number of barbiturate groups is 1. The molecule has 0 radical (unpaired) electrons. The van der Waals surface area contributed by atoms with E-state index in [2.05, 4.69) is 21.2 Å². The van der Waals surface area contributed by atoms with Crippen molar-refractivity contribution in [3.05, 3.63) is 62.6 Å². The molecule has 1 aliphatic heterocycles. The van der Waals surface area contributed by atoms with Crippen LogP contribution in [0.5, 0.6) is 5.75 Å². The summed E-state index contributed by atoms with van der Waals surface area (Å²) in [7, 11) is 1.48. The zero-order chi connectivity index (χ0) is 19.7. The van der Waals surface area contributed by atoms with Crippen LogP contribution < -0.4 is 15.0 Å². The quantitative estimate of drug-likeness (QED) is 0.566. The van der Waals surface area contributed by atoms with Gasteiger partial charge in [0.25, 0.3) is 11.8 Å². The highest BCUT2D eigenvalue weighted by Crippen LogP contribution is 2.35. The van der Waals surface area contributed by atoms with Crippen molar-refractivity contribution in [1.82, 2.24) is 5.32 Å². The number of nitrogens with one attached hydrogen (secondary N) is 1. The Morgan fingerprint density at radius 3 is 2.41 bits per heavy atom. The molecule has 3 rings (SSSR count). The highest BCUT2D eigenvalue weighted by atomic mass is 79.9. The van der Waals surface area contributed by atoms with Gasteiger partial charge in [-0.15, -0.1) is 0 Å². The summed E-state index contributed by atoms with van der Waals surface area (Å²) in [5.74, 6) is -1.04. The van der Waals surface area contributed by atoms with E-state index in [9.17, 15) is 14.4 Å². The van der Waals surface area contributed by atoms with Gasteiger partial charge in [-0.3, -0.25) is 14.9 Å². The first-order valence-electron chi connectivity index (χ1n) is 7.83. The lowest BCUT2D eigenvalue weighted by molar-refractivity contribution is -0.122. The predicted molar refractivity (Wildman–Crippen MR) is 106 cm³/mol. The summed E-state index contributed by atoms with van der Waals surface area (Å²) in [5.41, 5.74) is 1.68. The SMILES string of the molecule is COc1c(Cl)cc(/C=C2\C(=O)NC(=O)N(c3ccc(C)cc3)C2=O)cc1Br. The van der Waals surface area contributed by atoms with Crippen LogP contribution in [0.3, 0.4) is 0 Å². The second kappa shape index (κ2) is 7.54. The monoisotopic (exact) mass is 448 g/mol. The van der Waals surface area contributed by atoms with Crippen molar-refractivity contribution in [2.75, 3.05) is 12.0 Å². The number of hydrogen-bond acceptors (Lipinski definition) is 4. The standard InChI is InChI=1S/C19H14BrClN2O4/c1-10-3-5-12(6-4-10)23-18(25)13(17(24)22-19(23)26)7-11-8-14(20)16(27-2)15(21)9-11/h3-9H,1-2H3,(H,22,24,26)/b13-7+. The van der Waals surface area contributed by atoms with Crippen molar-refractivity contribution in [3.8, 4) is 5.75 Å². The maximum absolute atomic E-state index is 12.8. The molecule has 0 saturated carbocycles. The van der Waals surface area contributed by atoms with E-state index in [1.165, 1.54) is 13.2 Å². The molecule has 0 bridgehead atoms. The second-order valence-electron chi connectivity index (χ2n) is 5.81. The van der Waals surface area contributed by atoms with Gasteiger partial charge in [-0.1, -0.05) is 29.3 Å². The van der Waals surface area contributed by atoms with Gasteiger partial charge >= 0.3 is 6.03 Å². The fourth-order valence-electron chi connectivity index (χ4n) is 2.61. The number of ether oxygens (including phenoxy) is 1. The van der Waals surface area contributed by atoms with Crippen molar-refractivity contribution in [3.63, 3.8) is 0 Å². The minimum atomic E-state index is -0.792. The Balaban J connectivity index is 2.03. The third kappa shape index (κ3) is 3.74. The van der Waals surface area contributed by atoms with Crippen molar-refractivity contribution < 1.29 is 19.1 Å². The Hall–Kier alpha value is -2.64. The molecule has 2 aromatic carbocycles. The van der Waals surface area contributed by atoms with Crippen LogP contribution in [-0.2, 0) is 9.59 Å². The molecule has 1 N–H and O–H groups in total. The van der Waals surface area contributed by atoms with Gasteiger partial charge in [-0.2, -0.15) is 0 Å². The van der Waals surface area contributed by atoms with Crippen LogP contribution in [-0.4, -0.2) is 25.0 Å². The number of imide groups is 2. The Morgan fingerprint density at radius 2 is 1.81 bits per heavy atom. The van der Waals surface area contributed by atoms with Crippen LogP contribution in [0, 0.1) is 6.92 Å². The fraction of sp³-hybridized carbons (Fsp3) is 0.105. The van der Waals surface area contributed by atoms with E-state index in [0.717, 1.165) is 10.5 Å². The number of halogens is 2. The molecular weight excluding hydrogens is 436 g/mol. The zero-order valence-electron chi connectivity index (χ0n) is 14.4. The number of benzene rings is 2. The normalized spacial score (nSPS) is 15.9. The molecule has 0 aromatic heterocycles. The molecule has 1 aliphatic rings. The van der Waals surface area contributed by atoms with Gasteiger partial charge < -0.3 is 4.74 Å². The highest BCUT2D eigenvalue weighted by molar-refractivity contribution is 9.10. The molecule has 27 heavy (non-hydrogen) atoms. The number of urea groups is 1. The maximum atomic E-state index is 12.8. The van der Waals surface area contributed by atoms with E-state index >= 15 is 0 Å². The molecule has 1 fully saturated rings. The van der Waals surface area contributed by atoms with Crippen LogP contribution in [0.1, 0.15) is 11.1 Å². The van der Waals surface area contributed by atoms with Crippen molar-refractivity contribution in [2.24, 2.45) is 0 Å². The molecule has 4 amide bonds. The van der Waals surface area contributed by atoms with Gasteiger partial charge in [-0.25, -0.2) is 9.69 Å². The summed E-state index contributed by atoms with van der Waals surface area (Å²) >= 11 is 9.48. The number of rotatable bonds is 3. The number of amides is 4. The van der Waals surface area contributed by atoms with E-state index in [0.29, 0.717) is 26.5 Å². The first-order chi connectivity index (χ1) is 12.8. The Bertz CT molecular complexity index is 963. The van der Waals surface area contributed by atoms with Crippen LogP contribution in [0.15, 0.2) is 46.4 Å². The van der Waals surface area contributed by atoms with E-state index in [1.807, 2.05) is 6.92 Å². The molecule has 0 unspecified atom stereocenters. The molecule has 1 saturated heterocycles. The first-order valence-corrected chi connectivity index (χ1v) is 9.00. The summed E-state index contributed by atoms with van der Waals surface area (Å²) in [6, 6.07) is 9.25. The summed E-state index contributed by atoms with van der Waals surface area (Å²) in [6.45, 7) is 1.89. The van der Waals surface area contributed by atoms with Gasteiger partial charge in [0.1, 0.15) is 5.57 Å². The van der Waals surface area contributed by atoms with Crippen molar-refractivity contribution in [1.29, 1.82) is 0 Å². The number of carbonyl (C=O) groups is 3. The average Bonchev–Trinajstić information content (AvgIpc) is 2.60. The van der Waals surface area contributed by atoms with Gasteiger partial charge in [0.2, 0.25) is 0 Å². The lowest BCUT2D eigenvalue weighted by Crippen LogP contribution is -2.54. The van der Waals surface area contributed by atoms with Gasteiger partial charge in [-0.05, 0) is 58.8 Å². The number of hydrogen-bond donors (Lipinski definition) is 1. The number of aryl methyl sites for hydroxylation is 1. The molecule has 1 heterocycles. The number of carbonyl (C=O) groups excluding carboxylic acids is 3. The molecule has 0 atom stereocenters. The average molecular weight is 450 g/mol. The summed E-state index contributed by atoms with van der Waals surface area (Å²) < 4.78 is 5.73. The highest BCUT2D eigenvalue weighted by Gasteiger charge is 2.36. The smallest absolute Gasteiger partial charge is 0.335 e. The Morgan fingerprint density at radius 1 is 1.15 bits per heavy atom. The van der Waals surface area contributed by atoms with E-state index in [-0.39, 0.29) is 5.57 Å². The summed E-state index contributed by atoms with van der Waals surface area (Å²) in [5, 5.41) is 2.50. The lowest BCUT2D eigenvalue weighted by Gasteiger charge is -2.26. The zero-order valence-corrected chi connectivity index (χ0v) is 16.7. The van der Waals surface area contributed by atoms with Gasteiger partial charge in [0.05, 0.1) is 22.3 Å². The van der Waals surface area contributed by atoms with Crippen molar-refractivity contribution in [2.45, 2.75) is 6.92 Å². The van der Waals surface area contributed by atoms with E-state index < -0.39 is 17.8 Å². The molecule has 138 valence electrons. The van der Waals surface area contributed by atoms with Crippen LogP contribution >= 0.6 is 27.5 Å². The summed E-state index contributed by atoms with van der Waals surface area (Å²) in [4.78, 5) is 38.2. The largest absolute Gasteiger partial charge is 0.494 e.